The standard InChI is InChI=1S/C18H19NO3S/c1-13(20)19-18(2,17(21)22)23-16(14-9-5-3-6-10-14)15-11-7-4-8-12-15/h3-12,16H,1-2H3,(H,19,20)(H,21,22). The van der Waals surface area contributed by atoms with E-state index in [1.165, 1.54) is 25.6 Å². The van der Waals surface area contributed by atoms with Gasteiger partial charge in [-0.25, -0.2) is 4.79 Å². The Morgan fingerprint density at radius 1 is 1.00 bits per heavy atom. The summed E-state index contributed by atoms with van der Waals surface area (Å²) in [6, 6.07) is 19.3. The maximum absolute atomic E-state index is 11.7. The van der Waals surface area contributed by atoms with Gasteiger partial charge in [0, 0.05) is 6.92 Å². The Bertz CT molecular complexity index is 636. The highest BCUT2D eigenvalue weighted by molar-refractivity contribution is 8.01. The molecule has 0 aliphatic carbocycles. The molecule has 0 aromatic heterocycles. The van der Waals surface area contributed by atoms with E-state index >= 15 is 0 Å². The molecule has 2 aromatic rings. The number of hydrogen-bond acceptors (Lipinski definition) is 3. The number of thioether (sulfide) groups is 1. The van der Waals surface area contributed by atoms with Crippen LogP contribution in [-0.4, -0.2) is 21.9 Å². The molecule has 0 radical (unpaired) electrons. The first kappa shape index (κ1) is 17.1. The molecular weight excluding hydrogens is 310 g/mol. The van der Waals surface area contributed by atoms with Crippen molar-refractivity contribution in [3.8, 4) is 0 Å². The number of carboxylic acid groups (broad SMARTS) is 1. The highest BCUT2D eigenvalue weighted by Gasteiger charge is 2.38. The van der Waals surface area contributed by atoms with E-state index in [4.69, 9.17) is 0 Å². The van der Waals surface area contributed by atoms with Crippen LogP contribution in [-0.2, 0) is 9.59 Å². The Morgan fingerprint density at radius 2 is 1.43 bits per heavy atom. The van der Waals surface area contributed by atoms with Crippen LogP contribution in [0.5, 0.6) is 0 Å². The molecule has 5 heteroatoms. The molecule has 120 valence electrons. The molecule has 0 saturated carbocycles. The zero-order chi connectivity index (χ0) is 16.9. The van der Waals surface area contributed by atoms with E-state index in [0.717, 1.165) is 11.1 Å². The lowest BCUT2D eigenvalue weighted by atomic mass is 10.0. The lowest BCUT2D eigenvalue weighted by Gasteiger charge is -2.30. The summed E-state index contributed by atoms with van der Waals surface area (Å²) in [5.74, 6) is -1.45. The highest BCUT2D eigenvalue weighted by atomic mass is 32.2. The van der Waals surface area contributed by atoms with E-state index in [1.54, 1.807) is 0 Å². The van der Waals surface area contributed by atoms with Crippen molar-refractivity contribution in [1.82, 2.24) is 5.32 Å². The van der Waals surface area contributed by atoms with Crippen LogP contribution in [0.1, 0.15) is 30.2 Å². The van der Waals surface area contributed by atoms with Gasteiger partial charge >= 0.3 is 5.97 Å². The largest absolute Gasteiger partial charge is 0.479 e. The lowest BCUT2D eigenvalue weighted by Crippen LogP contribution is -2.49. The van der Waals surface area contributed by atoms with E-state index in [-0.39, 0.29) is 11.2 Å². The maximum Gasteiger partial charge on any atom is 0.339 e. The summed E-state index contributed by atoms with van der Waals surface area (Å²) in [5, 5.41) is 11.9. The fourth-order valence-electron chi connectivity index (χ4n) is 2.29. The third-order valence-electron chi connectivity index (χ3n) is 3.38. The minimum Gasteiger partial charge on any atom is -0.479 e. The van der Waals surface area contributed by atoms with Crippen molar-refractivity contribution in [3.05, 3.63) is 71.8 Å². The van der Waals surface area contributed by atoms with Crippen molar-refractivity contribution in [3.63, 3.8) is 0 Å². The van der Waals surface area contributed by atoms with E-state index in [2.05, 4.69) is 5.32 Å². The molecule has 0 heterocycles. The molecular formula is C18H19NO3S. The Balaban J connectivity index is 2.42. The third-order valence-corrected chi connectivity index (χ3v) is 4.91. The van der Waals surface area contributed by atoms with Gasteiger partial charge in [-0.1, -0.05) is 60.7 Å². The molecule has 1 atom stereocenters. The van der Waals surface area contributed by atoms with Crippen LogP contribution in [0.2, 0.25) is 0 Å². The molecule has 2 rings (SSSR count). The number of hydrogen-bond donors (Lipinski definition) is 2. The van der Waals surface area contributed by atoms with Crippen molar-refractivity contribution in [2.75, 3.05) is 0 Å². The zero-order valence-electron chi connectivity index (χ0n) is 13.0. The van der Waals surface area contributed by atoms with Crippen molar-refractivity contribution < 1.29 is 14.7 Å². The SMILES string of the molecule is CC(=O)NC(C)(SC(c1ccccc1)c1ccccc1)C(=O)O. The van der Waals surface area contributed by atoms with Gasteiger partial charge in [-0.2, -0.15) is 0 Å². The molecule has 4 nitrogen and oxygen atoms in total. The number of aliphatic carboxylic acids is 1. The van der Waals surface area contributed by atoms with E-state index in [9.17, 15) is 14.7 Å². The van der Waals surface area contributed by atoms with E-state index in [1.807, 2.05) is 60.7 Å². The minimum absolute atomic E-state index is 0.203. The van der Waals surface area contributed by atoms with Gasteiger partial charge in [0.25, 0.3) is 0 Å². The first-order chi connectivity index (χ1) is 10.9. The average molecular weight is 329 g/mol. The van der Waals surface area contributed by atoms with Crippen LogP contribution in [0.25, 0.3) is 0 Å². The Morgan fingerprint density at radius 3 is 1.78 bits per heavy atom. The number of nitrogens with one attached hydrogen (secondary N) is 1. The molecule has 0 aliphatic rings. The number of carbonyl (C=O) groups excluding carboxylic acids is 1. The quantitative estimate of drug-likeness (QED) is 0.797. The second kappa shape index (κ2) is 7.33. The topological polar surface area (TPSA) is 66.4 Å². The predicted molar refractivity (Wildman–Crippen MR) is 92.2 cm³/mol. The molecule has 1 amide bonds. The lowest BCUT2D eigenvalue weighted by molar-refractivity contribution is -0.142. The van der Waals surface area contributed by atoms with E-state index in [0.29, 0.717) is 0 Å². The molecule has 1 unspecified atom stereocenters. The maximum atomic E-state index is 11.7. The van der Waals surface area contributed by atoms with Crippen LogP contribution >= 0.6 is 11.8 Å². The summed E-state index contributed by atoms with van der Waals surface area (Å²) in [6.07, 6.45) is 0. The highest BCUT2D eigenvalue weighted by Crippen LogP contribution is 2.42. The van der Waals surface area contributed by atoms with Gasteiger partial charge < -0.3 is 10.4 Å². The number of carboxylic acids is 1. The molecule has 0 bridgehead atoms. The molecule has 23 heavy (non-hydrogen) atoms. The van der Waals surface area contributed by atoms with Gasteiger partial charge in [-0.15, -0.1) is 11.8 Å². The van der Waals surface area contributed by atoms with Gasteiger partial charge in [0.2, 0.25) is 5.91 Å². The average Bonchev–Trinajstić information content (AvgIpc) is 2.53. The van der Waals surface area contributed by atoms with Crippen LogP contribution in [0.4, 0.5) is 0 Å². The predicted octanol–water partition coefficient (Wildman–Crippen LogP) is 3.45. The molecule has 0 saturated heterocycles. The first-order valence-electron chi connectivity index (χ1n) is 7.22. The smallest absolute Gasteiger partial charge is 0.339 e. The van der Waals surface area contributed by atoms with Crippen LogP contribution < -0.4 is 5.32 Å². The number of carbonyl (C=O) groups is 2. The monoisotopic (exact) mass is 329 g/mol. The summed E-state index contributed by atoms with van der Waals surface area (Å²) < 4.78 is 0. The van der Waals surface area contributed by atoms with E-state index < -0.39 is 10.8 Å². The second-order valence-electron chi connectivity index (χ2n) is 5.34. The molecule has 0 aliphatic heterocycles. The fourth-order valence-corrected chi connectivity index (χ4v) is 3.65. The van der Waals surface area contributed by atoms with Gasteiger partial charge in [-0.3, -0.25) is 4.79 Å². The number of rotatable bonds is 6. The molecule has 0 spiro atoms. The van der Waals surface area contributed by atoms with Crippen molar-refractivity contribution in [2.45, 2.75) is 24.0 Å². The normalized spacial score (nSPS) is 13.3. The van der Waals surface area contributed by atoms with Crippen molar-refractivity contribution in [2.24, 2.45) is 0 Å². The molecule has 2 aromatic carbocycles. The summed E-state index contributed by atoms with van der Waals surface area (Å²) in [6.45, 7) is 2.84. The fraction of sp³-hybridized carbons (Fsp3) is 0.222. The van der Waals surface area contributed by atoms with Crippen molar-refractivity contribution in [1.29, 1.82) is 0 Å². The van der Waals surface area contributed by atoms with Crippen LogP contribution in [0.15, 0.2) is 60.7 Å². The summed E-state index contributed by atoms with van der Waals surface area (Å²) in [5.41, 5.74) is 1.98. The Hall–Kier alpha value is -2.27. The van der Waals surface area contributed by atoms with Crippen LogP contribution in [0.3, 0.4) is 0 Å². The summed E-state index contributed by atoms with van der Waals surface area (Å²) >= 11 is 1.20. The molecule has 0 fully saturated rings. The Kier molecular flexibility index (Phi) is 5.45. The van der Waals surface area contributed by atoms with Gasteiger partial charge in [0.05, 0.1) is 5.25 Å². The van der Waals surface area contributed by atoms with Crippen LogP contribution in [0, 0.1) is 0 Å². The minimum atomic E-state index is -1.41. The zero-order valence-corrected chi connectivity index (χ0v) is 13.8. The van der Waals surface area contributed by atoms with Crippen molar-refractivity contribution >= 4 is 23.6 Å². The van der Waals surface area contributed by atoms with Gasteiger partial charge in [-0.05, 0) is 18.1 Å². The second-order valence-corrected chi connectivity index (χ2v) is 6.86. The Labute approximate surface area is 139 Å². The number of benzene rings is 2. The first-order valence-corrected chi connectivity index (χ1v) is 8.10. The van der Waals surface area contributed by atoms with Gasteiger partial charge in [0.1, 0.15) is 0 Å². The van der Waals surface area contributed by atoms with Gasteiger partial charge in [0.15, 0.2) is 4.87 Å². The molecule has 2 N–H and O–H groups in total. The number of amides is 1. The summed E-state index contributed by atoms with van der Waals surface area (Å²) in [4.78, 5) is 21.7. The third kappa shape index (κ3) is 4.36. The summed E-state index contributed by atoms with van der Waals surface area (Å²) in [7, 11) is 0.